The molecule has 0 spiro atoms. The van der Waals surface area contributed by atoms with Gasteiger partial charge in [0.25, 0.3) is 0 Å². The molecule has 0 bridgehead atoms. The van der Waals surface area contributed by atoms with Gasteiger partial charge in [0, 0.05) is 32.7 Å². The average Bonchev–Trinajstić information content (AvgIpc) is 2.74. The maximum atomic E-state index is 13.7. The van der Waals surface area contributed by atoms with E-state index in [0.717, 1.165) is 19.6 Å². The Morgan fingerprint density at radius 3 is 2.45 bits per heavy atom. The zero-order valence-electron chi connectivity index (χ0n) is 16.6. The van der Waals surface area contributed by atoms with Gasteiger partial charge >= 0.3 is 12.0 Å². The van der Waals surface area contributed by atoms with Crippen LogP contribution < -0.4 is 5.32 Å². The number of hydrogen-bond donors (Lipinski definition) is 1. The molecule has 1 aliphatic rings. The number of ether oxygens (including phenoxy) is 1. The second kappa shape index (κ2) is 10.0. The second-order valence-electron chi connectivity index (χ2n) is 6.87. The average molecular weight is 399 g/mol. The summed E-state index contributed by atoms with van der Waals surface area (Å²) in [5.41, 5.74) is 1.49. The van der Waals surface area contributed by atoms with Gasteiger partial charge in [-0.15, -0.1) is 0 Å². The Balaban J connectivity index is 1.51. The number of carbonyl (C=O) groups is 2. The van der Waals surface area contributed by atoms with Crippen molar-refractivity contribution in [2.75, 3.05) is 44.6 Å². The van der Waals surface area contributed by atoms with Gasteiger partial charge in [-0.2, -0.15) is 0 Å². The van der Waals surface area contributed by atoms with Crippen molar-refractivity contribution >= 4 is 17.7 Å². The monoisotopic (exact) mass is 399 g/mol. The first-order valence-electron chi connectivity index (χ1n) is 9.86. The summed E-state index contributed by atoms with van der Waals surface area (Å²) in [5.74, 6) is -0.632. The number of rotatable bonds is 6. The molecule has 0 aliphatic carbocycles. The zero-order chi connectivity index (χ0) is 20.6. The van der Waals surface area contributed by atoms with Gasteiger partial charge in [-0.1, -0.05) is 30.3 Å². The molecule has 29 heavy (non-hydrogen) atoms. The molecule has 2 amide bonds. The molecule has 7 heteroatoms. The van der Waals surface area contributed by atoms with Crippen LogP contribution in [0, 0.1) is 5.82 Å². The highest BCUT2D eigenvalue weighted by Gasteiger charge is 2.22. The highest BCUT2D eigenvalue weighted by Crippen LogP contribution is 2.17. The van der Waals surface area contributed by atoms with E-state index >= 15 is 0 Å². The minimum atomic E-state index is -0.457. The van der Waals surface area contributed by atoms with E-state index in [2.05, 4.69) is 10.2 Å². The first-order chi connectivity index (χ1) is 14.1. The van der Waals surface area contributed by atoms with Gasteiger partial charge in [0.2, 0.25) is 0 Å². The van der Waals surface area contributed by atoms with E-state index in [9.17, 15) is 14.0 Å². The van der Waals surface area contributed by atoms with E-state index in [1.165, 1.54) is 6.07 Å². The third kappa shape index (κ3) is 5.54. The van der Waals surface area contributed by atoms with Crippen LogP contribution in [-0.4, -0.2) is 61.1 Å². The molecule has 1 N–H and O–H groups in total. The van der Waals surface area contributed by atoms with Crippen LogP contribution in [0.5, 0.6) is 0 Å². The number of amides is 2. The van der Waals surface area contributed by atoms with Gasteiger partial charge in [0.15, 0.2) is 0 Å². The largest absolute Gasteiger partial charge is 0.462 e. The molecular weight excluding hydrogens is 373 g/mol. The second-order valence-corrected chi connectivity index (χ2v) is 6.87. The Kier molecular flexibility index (Phi) is 7.19. The highest BCUT2D eigenvalue weighted by atomic mass is 19.1. The molecule has 154 valence electrons. The lowest BCUT2D eigenvalue weighted by atomic mass is 10.1. The van der Waals surface area contributed by atoms with Gasteiger partial charge in [-0.05, 0) is 37.1 Å². The number of benzene rings is 2. The fourth-order valence-electron chi connectivity index (χ4n) is 3.33. The predicted molar refractivity (Wildman–Crippen MR) is 110 cm³/mol. The lowest BCUT2D eigenvalue weighted by Gasteiger charge is -2.34. The Hall–Kier alpha value is -2.93. The zero-order valence-corrected chi connectivity index (χ0v) is 16.6. The van der Waals surface area contributed by atoms with Gasteiger partial charge < -0.3 is 15.0 Å². The summed E-state index contributed by atoms with van der Waals surface area (Å²) in [5, 5.41) is 2.82. The van der Waals surface area contributed by atoms with Crippen LogP contribution in [-0.2, 0) is 11.2 Å². The van der Waals surface area contributed by atoms with Crippen molar-refractivity contribution in [2.45, 2.75) is 13.3 Å². The van der Waals surface area contributed by atoms with Crippen LogP contribution in [0.3, 0.4) is 0 Å². The molecule has 2 aromatic carbocycles. The summed E-state index contributed by atoms with van der Waals surface area (Å²) < 4.78 is 18.8. The van der Waals surface area contributed by atoms with Crippen molar-refractivity contribution < 1.29 is 18.7 Å². The fourth-order valence-corrected chi connectivity index (χ4v) is 3.33. The lowest BCUT2D eigenvalue weighted by molar-refractivity contribution is 0.0527. The molecule has 0 radical (unpaired) electrons. The maximum Gasteiger partial charge on any atom is 0.340 e. The van der Waals surface area contributed by atoms with Gasteiger partial charge in [-0.3, -0.25) is 4.90 Å². The van der Waals surface area contributed by atoms with Crippen molar-refractivity contribution in [3.05, 3.63) is 65.5 Å². The molecule has 0 saturated carbocycles. The van der Waals surface area contributed by atoms with Crippen LogP contribution in [0.4, 0.5) is 14.9 Å². The van der Waals surface area contributed by atoms with E-state index in [0.29, 0.717) is 36.3 Å². The summed E-state index contributed by atoms with van der Waals surface area (Å²) in [6, 6.07) is 13.4. The summed E-state index contributed by atoms with van der Waals surface area (Å²) >= 11 is 0. The number of piperazine rings is 1. The highest BCUT2D eigenvalue weighted by molar-refractivity contribution is 6.00. The number of para-hydroxylation sites is 1. The number of nitrogens with zero attached hydrogens (tertiary/aromatic N) is 2. The minimum absolute atomic E-state index is 0.175. The molecule has 6 nitrogen and oxygen atoms in total. The predicted octanol–water partition coefficient (Wildman–Crippen LogP) is 3.39. The Morgan fingerprint density at radius 2 is 1.72 bits per heavy atom. The quantitative estimate of drug-likeness (QED) is 0.757. The minimum Gasteiger partial charge on any atom is -0.462 e. The van der Waals surface area contributed by atoms with Crippen LogP contribution >= 0.6 is 0 Å². The number of hydrogen-bond acceptors (Lipinski definition) is 4. The van der Waals surface area contributed by atoms with E-state index < -0.39 is 5.97 Å². The smallest absolute Gasteiger partial charge is 0.340 e. The number of anilines is 1. The number of nitrogens with one attached hydrogen (secondary N) is 1. The lowest BCUT2D eigenvalue weighted by Crippen LogP contribution is -2.50. The topological polar surface area (TPSA) is 61.9 Å². The Labute approximate surface area is 170 Å². The van der Waals surface area contributed by atoms with Gasteiger partial charge in [0.05, 0.1) is 17.9 Å². The number of carbonyl (C=O) groups excluding carboxylic acids is 2. The van der Waals surface area contributed by atoms with Crippen LogP contribution in [0.25, 0.3) is 0 Å². The first-order valence-corrected chi connectivity index (χ1v) is 9.86. The van der Waals surface area contributed by atoms with Crippen molar-refractivity contribution in [3.63, 3.8) is 0 Å². The van der Waals surface area contributed by atoms with Gasteiger partial charge in [-0.25, -0.2) is 14.0 Å². The van der Waals surface area contributed by atoms with E-state index in [-0.39, 0.29) is 18.5 Å². The SMILES string of the molecule is CCOC(=O)c1ccccc1NC(=O)N1CCN(CCc2ccccc2F)CC1. The van der Waals surface area contributed by atoms with Crippen LogP contribution in [0.1, 0.15) is 22.8 Å². The molecule has 3 rings (SSSR count). The van der Waals surface area contributed by atoms with E-state index in [4.69, 9.17) is 4.74 Å². The molecule has 0 aromatic heterocycles. The molecule has 1 fully saturated rings. The van der Waals surface area contributed by atoms with Crippen molar-refractivity contribution in [3.8, 4) is 0 Å². The van der Waals surface area contributed by atoms with Crippen molar-refractivity contribution in [1.82, 2.24) is 9.80 Å². The van der Waals surface area contributed by atoms with Crippen molar-refractivity contribution in [1.29, 1.82) is 0 Å². The standard InChI is InChI=1S/C22H26FN3O3/c1-2-29-21(27)18-8-4-6-10-20(18)24-22(28)26-15-13-25(14-16-26)12-11-17-7-3-5-9-19(17)23/h3-10H,2,11-16H2,1H3,(H,24,28). The molecular formula is C22H26FN3O3. The third-order valence-corrected chi connectivity index (χ3v) is 4.98. The van der Waals surface area contributed by atoms with Gasteiger partial charge in [0.1, 0.15) is 5.82 Å². The molecule has 1 heterocycles. The molecule has 0 unspecified atom stereocenters. The summed E-state index contributed by atoms with van der Waals surface area (Å²) in [6.07, 6.45) is 0.645. The van der Waals surface area contributed by atoms with E-state index in [1.807, 2.05) is 6.07 Å². The number of halogens is 1. The Morgan fingerprint density at radius 1 is 1.03 bits per heavy atom. The fraction of sp³-hybridized carbons (Fsp3) is 0.364. The van der Waals surface area contributed by atoms with Crippen LogP contribution in [0.2, 0.25) is 0 Å². The molecule has 1 saturated heterocycles. The third-order valence-electron chi connectivity index (χ3n) is 4.98. The van der Waals surface area contributed by atoms with E-state index in [1.54, 1.807) is 48.2 Å². The van der Waals surface area contributed by atoms with Crippen molar-refractivity contribution in [2.24, 2.45) is 0 Å². The first kappa shape index (κ1) is 20.8. The molecule has 0 atom stereocenters. The Bertz CT molecular complexity index is 851. The summed E-state index contributed by atoms with van der Waals surface area (Å²) in [4.78, 5) is 28.6. The maximum absolute atomic E-state index is 13.7. The molecule has 1 aliphatic heterocycles. The summed E-state index contributed by atoms with van der Waals surface area (Å²) in [6.45, 7) is 5.36. The number of urea groups is 1. The van der Waals surface area contributed by atoms with Crippen LogP contribution in [0.15, 0.2) is 48.5 Å². The number of esters is 1. The molecule has 2 aromatic rings. The summed E-state index contributed by atoms with van der Waals surface area (Å²) in [7, 11) is 0. The normalized spacial score (nSPS) is 14.5.